The first kappa shape index (κ1) is 15.8. The number of hydrogen-bond acceptors (Lipinski definition) is 3. The second-order valence-electron chi connectivity index (χ2n) is 4.42. The standard InChI is InChI=1S/C15H19NO4/c1-11(7-10-15(18)19)16-14(17)9-8-12-5-3-4-6-13(12)20-2/h3-6,8-9,11H,7,10H2,1-2H3,(H,16,17)(H,18,19). The molecule has 0 aliphatic rings. The Morgan fingerprint density at radius 2 is 2.10 bits per heavy atom. The van der Waals surface area contributed by atoms with Gasteiger partial charge in [-0.3, -0.25) is 9.59 Å². The molecule has 0 fully saturated rings. The molecule has 1 rings (SSSR count). The molecule has 5 heteroatoms. The van der Waals surface area contributed by atoms with Crippen molar-refractivity contribution in [2.24, 2.45) is 0 Å². The highest BCUT2D eigenvalue weighted by molar-refractivity contribution is 5.92. The second kappa shape index (κ2) is 7.99. The number of carbonyl (C=O) groups is 2. The van der Waals surface area contributed by atoms with Crippen molar-refractivity contribution >= 4 is 18.0 Å². The van der Waals surface area contributed by atoms with Gasteiger partial charge in [-0.1, -0.05) is 18.2 Å². The maximum Gasteiger partial charge on any atom is 0.303 e. The Morgan fingerprint density at radius 1 is 1.40 bits per heavy atom. The zero-order valence-corrected chi connectivity index (χ0v) is 11.6. The van der Waals surface area contributed by atoms with Gasteiger partial charge in [-0.25, -0.2) is 0 Å². The van der Waals surface area contributed by atoms with Crippen LogP contribution in [0.5, 0.6) is 5.75 Å². The maximum absolute atomic E-state index is 11.7. The molecule has 2 N–H and O–H groups in total. The topological polar surface area (TPSA) is 75.6 Å². The summed E-state index contributed by atoms with van der Waals surface area (Å²) in [4.78, 5) is 22.1. The fourth-order valence-corrected chi connectivity index (χ4v) is 1.67. The molecule has 0 aliphatic heterocycles. The van der Waals surface area contributed by atoms with Crippen LogP contribution in [-0.2, 0) is 9.59 Å². The van der Waals surface area contributed by atoms with E-state index in [1.54, 1.807) is 20.1 Å². The third-order valence-corrected chi connectivity index (χ3v) is 2.73. The Labute approximate surface area is 118 Å². The summed E-state index contributed by atoms with van der Waals surface area (Å²) in [6.45, 7) is 1.78. The van der Waals surface area contributed by atoms with Crippen LogP contribution in [0, 0.1) is 0 Å². The number of aliphatic carboxylic acids is 1. The van der Waals surface area contributed by atoms with Crippen LogP contribution in [0.1, 0.15) is 25.3 Å². The van der Waals surface area contributed by atoms with Crippen molar-refractivity contribution in [2.75, 3.05) is 7.11 Å². The lowest BCUT2D eigenvalue weighted by Gasteiger charge is -2.10. The van der Waals surface area contributed by atoms with Gasteiger partial charge in [0, 0.05) is 24.1 Å². The van der Waals surface area contributed by atoms with Gasteiger partial charge in [0.2, 0.25) is 5.91 Å². The Balaban J connectivity index is 2.53. The fourth-order valence-electron chi connectivity index (χ4n) is 1.67. The lowest BCUT2D eigenvalue weighted by molar-refractivity contribution is -0.137. The van der Waals surface area contributed by atoms with Gasteiger partial charge >= 0.3 is 5.97 Å². The second-order valence-corrected chi connectivity index (χ2v) is 4.42. The van der Waals surface area contributed by atoms with Gasteiger partial charge in [-0.05, 0) is 25.5 Å². The Hall–Kier alpha value is -2.30. The largest absolute Gasteiger partial charge is 0.496 e. The summed E-state index contributed by atoms with van der Waals surface area (Å²) in [5, 5.41) is 11.3. The van der Waals surface area contributed by atoms with Crippen LogP contribution in [-0.4, -0.2) is 30.1 Å². The Bertz CT molecular complexity index is 496. The summed E-state index contributed by atoms with van der Waals surface area (Å²) < 4.78 is 5.18. The summed E-state index contributed by atoms with van der Waals surface area (Å²) in [5.74, 6) is -0.431. The van der Waals surface area contributed by atoms with Gasteiger partial charge in [0.15, 0.2) is 0 Å². The van der Waals surface area contributed by atoms with E-state index in [9.17, 15) is 9.59 Å². The van der Waals surface area contributed by atoms with E-state index in [2.05, 4.69) is 5.32 Å². The molecule has 1 unspecified atom stereocenters. The van der Waals surface area contributed by atoms with Gasteiger partial charge in [0.05, 0.1) is 7.11 Å². The molecule has 1 aromatic carbocycles. The number of carbonyl (C=O) groups excluding carboxylic acids is 1. The monoisotopic (exact) mass is 277 g/mol. The number of hydrogen-bond donors (Lipinski definition) is 2. The predicted octanol–water partition coefficient (Wildman–Crippen LogP) is 2.08. The van der Waals surface area contributed by atoms with Crippen molar-refractivity contribution in [3.05, 3.63) is 35.9 Å². The van der Waals surface area contributed by atoms with Crippen molar-refractivity contribution in [2.45, 2.75) is 25.8 Å². The van der Waals surface area contributed by atoms with Gasteiger partial charge in [-0.2, -0.15) is 0 Å². The molecule has 1 aromatic rings. The summed E-state index contributed by atoms with van der Waals surface area (Å²) >= 11 is 0. The van der Waals surface area contributed by atoms with Crippen LogP contribution < -0.4 is 10.1 Å². The third kappa shape index (κ3) is 5.56. The number of carboxylic acids is 1. The molecule has 5 nitrogen and oxygen atoms in total. The minimum atomic E-state index is -0.865. The van der Waals surface area contributed by atoms with Gasteiger partial charge in [-0.15, -0.1) is 0 Å². The molecular weight excluding hydrogens is 258 g/mol. The number of para-hydroxylation sites is 1. The minimum absolute atomic E-state index is 0.0394. The van der Waals surface area contributed by atoms with Crippen molar-refractivity contribution in [3.63, 3.8) is 0 Å². The number of amides is 1. The fraction of sp³-hybridized carbons (Fsp3) is 0.333. The van der Waals surface area contributed by atoms with Crippen LogP contribution in [0.25, 0.3) is 6.08 Å². The first-order valence-corrected chi connectivity index (χ1v) is 6.36. The van der Waals surface area contributed by atoms with E-state index in [0.29, 0.717) is 12.2 Å². The van der Waals surface area contributed by atoms with Crippen molar-refractivity contribution in [1.82, 2.24) is 5.32 Å². The van der Waals surface area contributed by atoms with Crippen LogP contribution in [0.2, 0.25) is 0 Å². The average molecular weight is 277 g/mol. The summed E-state index contributed by atoms with van der Waals surface area (Å²) in [6, 6.07) is 7.18. The first-order chi connectivity index (χ1) is 9.52. The molecular formula is C15H19NO4. The van der Waals surface area contributed by atoms with E-state index >= 15 is 0 Å². The highest BCUT2D eigenvalue weighted by Gasteiger charge is 2.07. The average Bonchev–Trinajstić information content (AvgIpc) is 2.43. The molecule has 0 saturated heterocycles. The lowest BCUT2D eigenvalue weighted by Crippen LogP contribution is -2.31. The summed E-state index contributed by atoms with van der Waals surface area (Å²) in [6.07, 6.45) is 3.52. The molecule has 20 heavy (non-hydrogen) atoms. The summed E-state index contributed by atoms with van der Waals surface area (Å²) in [7, 11) is 1.57. The number of ether oxygens (including phenoxy) is 1. The van der Waals surface area contributed by atoms with E-state index in [-0.39, 0.29) is 18.4 Å². The van der Waals surface area contributed by atoms with Gasteiger partial charge in [0.1, 0.15) is 5.75 Å². The van der Waals surface area contributed by atoms with E-state index in [1.165, 1.54) is 6.08 Å². The minimum Gasteiger partial charge on any atom is -0.496 e. The van der Waals surface area contributed by atoms with Crippen LogP contribution in [0.15, 0.2) is 30.3 Å². The van der Waals surface area contributed by atoms with Crippen LogP contribution >= 0.6 is 0 Å². The molecule has 0 spiro atoms. The molecule has 108 valence electrons. The maximum atomic E-state index is 11.7. The van der Waals surface area contributed by atoms with Crippen molar-refractivity contribution in [3.8, 4) is 5.75 Å². The smallest absolute Gasteiger partial charge is 0.303 e. The molecule has 0 radical (unpaired) electrons. The number of carboxylic acid groups (broad SMARTS) is 1. The van der Waals surface area contributed by atoms with E-state index in [0.717, 1.165) is 5.56 Å². The normalized spacial score (nSPS) is 12.1. The molecule has 0 aliphatic carbocycles. The van der Waals surface area contributed by atoms with Crippen LogP contribution in [0.4, 0.5) is 0 Å². The third-order valence-electron chi connectivity index (χ3n) is 2.73. The Kier molecular flexibility index (Phi) is 6.29. The number of nitrogens with one attached hydrogen (secondary N) is 1. The number of rotatable bonds is 7. The van der Waals surface area contributed by atoms with E-state index in [4.69, 9.17) is 9.84 Å². The molecule has 0 saturated carbocycles. The van der Waals surface area contributed by atoms with Gasteiger partial charge in [0.25, 0.3) is 0 Å². The number of benzene rings is 1. The quantitative estimate of drug-likeness (QED) is 0.748. The first-order valence-electron chi connectivity index (χ1n) is 6.36. The van der Waals surface area contributed by atoms with Crippen LogP contribution in [0.3, 0.4) is 0 Å². The highest BCUT2D eigenvalue weighted by atomic mass is 16.5. The Morgan fingerprint density at radius 3 is 2.75 bits per heavy atom. The number of methoxy groups -OCH3 is 1. The molecule has 0 heterocycles. The molecule has 0 bridgehead atoms. The zero-order chi connectivity index (χ0) is 15.0. The van der Waals surface area contributed by atoms with E-state index < -0.39 is 5.97 Å². The zero-order valence-electron chi connectivity index (χ0n) is 11.6. The SMILES string of the molecule is COc1ccccc1C=CC(=O)NC(C)CCC(=O)O. The molecule has 1 amide bonds. The van der Waals surface area contributed by atoms with Crippen molar-refractivity contribution < 1.29 is 19.4 Å². The lowest BCUT2D eigenvalue weighted by atomic mass is 10.1. The molecule has 1 atom stereocenters. The van der Waals surface area contributed by atoms with Crippen molar-refractivity contribution in [1.29, 1.82) is 0 Å². The predicted molar refractivity (Wildman–Crippen MR) is 76.5 cm³/mol. The molecule has 0 aromatic heterocycles. The highest BCUT2D eigenvalue weighted by Crippen LogP contribution is 2.18. The van der Waals surface area contributed by atoms with E-state index in [1.807, 2.05) is 24.3 Å². The summed E-state index contributed by atoms with van der Waals surface area (Å²) in [5.41, 5.74) is 0.809. The van der Waals surface area contributed by atoms with Gasteiger partial charge < -0.3 is 15.2 Å².